The third kappa shape index (κ3) is 1.65. The number of aliphatic hydroxyl groups excluding tert-OH is 1. The zero-order chi connectivity index (χ0) is 11.7. The molecule has 0 amide bonds. The number of ether oxygens (including phenoxy) is 2. The summed E-state index contributed by atoms with van der Waals surface area (Å²) in [5.74, 6) is 1.40. The summed E-state index contributed by atoms with van der Waals surface area (Å²) < 4.78 is 10.7. The summed E-state index contributed by atoms with van der Waals surface area (Å²) in [5.41, 5.74) is 3.31. The molecule has 1 atom stereocenters. The van der Waals surface area contributed by atoms with E-state index in [1.54, 1.807) is 14.2 Å². The summed E-state index contributed by atoms with van der Waals surface area (Å²) in [7, 11) is 3.24. The van der Waals surface area contributed by atoms with E-state index in [0.717, 1.165) is 24.8 Å². The smallest absolute Gasteiger partial charge is 0.166 e. The highest BCUT2D eigenvalue weighted by Crippen LogP contribution is 2.43. The third-order valence-electron chi connectivity index (χ3n) is 3.28. The second kappa shape index (κ2) is 4.34. The molecule has 0 heterocycles. The molecule has 0 saturated heterocycles. The highest BCUT2D eigenvalue weighted by Gasteiger charge is 2.26. The van der Waals surface area contributed by atoms with Gasteiger partial charge in [0, 0.05) is 5.56 Å². The van der Waals surface area contributed by atoms with Gasteiger partial charge < -0.3 is 14.6 Å². The van der Waals surface area contributed by atoms with Gasteiger partial charge in [-0.2, -0.15) is 0 Å². The van der Waals surface area contributed by atoms with Gasteiger partial charge in [-0.25, -0.2) is 0 Å². The second-order valence-electron chi connectivity index (χ2n) is 4.23. The summed E-state index contributed by atoms with van der Waals surface area (Å²) in [6.45, 7) is 2.05. The van der Waals surface area contributed by atoms with Crippen LogP contribution in [0.5, 0.6) is 11.5 Å². The van der Waals surface area contributed by atoms with E-state index >= 15 is 0 Å². The van der Waals surface area contributed by atoms with Gasteiger partial charge in [0.2, 0.25) is 0 Å². The molecule has 1 aliphatic carbocycles. The van der Waals surface area contributed by atoms with Gasteiger partial charge in [-0.15, -0.1) is 0 Å². The quantitative estimate of drug-likeness (QED) is 0.835. The molecule has 0 fully saturated rings. The Bertz CT molecular complexity index is 399. The number of aryl methyl sites for hydroxylation is 1. The minimum Gasteiger partial charge on any atom is -0.493 e. The van der Waals surface area contributed by atoms with Crippen LogP contribution in [0.2, 0.25) is 0 Å². The van der Waals surface area contributed by atoms with E-state index in [4.69, 9.17) is 9.47 Å². The predicted octanol–water partition coefficient (Wildman–Crippen LogP) is 2.38. The van der Waals surface area contributed by atoms with Crippen molar-refractivity contribution in [3.63, 3.8) is 0 Å². The van der Waals surface area contributed by atoms with Gasteiger partial charge >= 0.3 is 0 Å². The van der Waals surface area contributed by atoms with Gasteiger partial charge in [0.15, 0.2) is 11.5 Å². The van der Waals surface area contributed by atoms with Gasteiger partial charge in [-0.3, -0.25) is 0 Å². The van der Waals surface area contributed by atoms with E-state index in [1.165, 1.54) is 11.1 Å². The molecule has 0 radical (unpaired) electrons. The molecule has 0 spiro atoms. The Morgan fingerprint density at radius 2 is 2.06 bits per heavy atom. The third-order valence-corrected chi connectivity index (χ3v) is 3.28. The molecule has 3 heteroatoms. The maximum atomic E-state index is 10.1. The molecule has 0 aromatic heterocycles. The highest BCUT2D eigenvalue weighted by atomic mass is 16.5. The molecule has 1 N–H and O–H groups in total. The molecule has 1 unspecified atom stereocenters. The van der Waals surface area contributed by atoms with Crippen molar-refractivity contribution >= 4 is 0 Å². The van der Waals surface area contributed by atoms with Crippen molar-refractivity contribution in [1.29, 1.82) is 0 Å². The van der Waals surface area contributed by atoms with Gasteiger partial charge in [-0.05, 0) is 43.4 Å². The molecule has 1 aromatic rings. The maximum absolute atomic E-state index is 10.1. The fourth-order valence-electron chi connectivity index (χ4n) is 2.49. The lowest BCUT2D eigenvalue weighted by Gasteiger charge is -2.26. The van der Waals surface area contributed by atoms with E-state index < -0.39 is 6.10 Å². The standard InChI is InChI=1S/C13H18O3/c1-8-7-11(15-2)13(16-3)12-9(8)5-4-6-10(12)14/h7,10,14H,4-6H2,1-3H3. The minimum absolute atomic E-state index is 0.424. The number of hydrogen-bond acceptors (Lipinski definition) is 3. The van der Waals surface area contributed by atoms with Crippen LogP contribution in [-0.4, -0.2) is 19.3 Å². The Kier molecular flexibility index (Phi) is 3.06. The zero-order valence-electron chi connectivity index (χ0n) is 10.0. The maximum Gasteiger partial charge on any atom is 0.166 e. The Morgan fingerprint density at radius 1 is 1.31 bits per heavy atom. The minimum atomic E-state index is -0.424. The van der Waals surface area contributed by atoms with Crippen molar-refractivity contribution in [3.8, 4) is 11.5 Å². The Morgan fingerprint density at radius 3 is 2.69 bits per heavy atom. The van der Waals surface area contributed by atoms with E-state index in [-0.39, 0.29) is 0 Å². The molecule has 1 aliphatic rings. The van der Waals surface area contributed by atoms with Crippen molar-refractivity contribution < 1.29 is 14.6 Å². The average Bonchev–Trinajstić information content (AvgIpc) is 2.29. The first-order chi connectivity index (χ1) is 7.69. The summed E-state index contributed by atoms with van der Waals surface area (Å²) in [6, 6.07) is 1.98. The fourth-order valence-corrected chi connectivity index (χ4v) is 2.49. The number of benzene rings is 1. The Labute approximate surface area is 96.0 Å². The van der Waals surface area contributed by atoms with E-state index in [2.05, 4.69) is 6.92 Å². The van der Waals surface area contributed by atoms with E-state index in [0.29, 0.717) is 11.5 Å². The topological polar surface area (TPSA) is 38.7 Å². The number of hydrogen-bond donors (Lipinski definition) is 1. The lowest BCUT2D eigenvalue weighted by molar-refractivity contribution is 0.151. The van der Waals surface area contributed by atoms with Crippen LogP contribution in [0.25, 0.3) is 0 Å². The highest BCUT2D eigenvalue weighted by molar-refractivity contribution is 5.56. The number of fused-ring (bicyclic) bond motifs is 1. The van der Waals surface area contributed by atoms with Gasteiger partial charge in [-0.1, -0.05) is 0 Å². The fraction of sp³-hybridized carbons (Fsp3) is 0.538. The van der Waals surface area contributed by atoms with Gasteiger partial charge in [0.25, 0.3) is 0 Å². The molecule has 0 aliphatic heterocycles. The zero-order valence-corrected chi connectivity index (χ0v) is 10.0. The van der Waals surface area contributed by atoms with Crippen LogP contribution >= 0.6 is 0 Å². The lowest BCUT2D eigenvalue weighted by Crippen LogP contribution is -2.13. The van der Waals surface area contributed by atoms with Crippen molar-refractivity contribution in [2.24, 2.45) is 0 Å². The number of aliphatic hydroxyl groups is 1. The predicted molar refractivity (Wildman–Crippen MR) is 62.2 cm³/mol. The van der Waals surface area contributed by atoms with Crippen LogP contribution in [0.15, 0.2) is 6.07 Å². The SMILES string of the molecule is COc1cc(C)c2c(c1OC)C(O)CCC2. The average molecular weight is 222 g/mol. The van der Waals surface area contributed by atoms with Crippen LogP contribution in [0.4, 0.5) is 0 Å². The first kappa shape index (κ1) is 11.3. The summed E-state index contributed by atoms with van der Waals surface area (Å²) >= 11 is 0. The molecule has 16 heavy (non-hydrogen) atoms. The van der Waals surface area contributed by atoms with Gasteiger partial charge in [0.05, 0.1) is 20.3 Å². The molecule has 0 bridgehead atoms. The van der Waals surface area contributed by atoms with Crippen molar-refractivity contribution in [2.75, 3.05) is 14.2 Å². The Balaban J connectivity index is 2.65. The largest absolute Gasteiger partial charge is 0.493 e. The Hall–Kier alpha value is -1.22. The summed E-state index contributed by atoms with van der Waals surface area (Å²) in [5, 5.41) is 10.1. The molecular formula is C13H18O3. The molecule has 3 nitrogen and oxygen atoms in total. The van der Waals surface area contributed by atoms with Gasteiger partial charge in [0.1, 0.15) is 0 Å². The number of rotatable bonds is 2. The molecule has 2 rings (SSSR count). The van der Waals surface area contributed by atoms with Crippen molar-refractivity contribution in [1.82, 2.24) is 0 Å². The molecule has 88 valence electrons. The summed E-state index contributed by atoms with van der Waals surface area (Å²) in [6.07, 6.45) is 2.42. The first-order valence-electron chi connectivity index (χ1n) is 5.61. The van der Waals surface area contributed by atoms with Crippen LogP contribution in [0, 0.1) is 6.92 Å². The van der Waals surface area contributed by atoms with E-state index in [9.17, 15) is 5.11 Å². The normalized spacial score (nSPS) is 19.1. The van der Waals surface area contributed by atoms with Crippen molar-refractivity contribution in [2.45, 2.75) is 32.3 Å². The monoisotopic (exact) mass is 222 g/mol. The van der Waals surface area contributed by atoms with Crippen LogP contribution < -0.4 is 9.47 Å². The molecular weight excluding hydrogens is 204 g/mol. The van der Waals surface area contributed by atoms with E-state index in [1.807, 2.05) is 6.07 Å². The summed E-state index contributed by atoms with van der Waals surface area (Å²) in [4.78, 5) is 0. The van der Waals surface area contributed by atoms with Crippen LogP contribution in [0.1, 0.15) is 35.6 Å². The lowest BCUT2D eigenvalue weighted by atomic mass is 9.85. The van der Waals surface area contributed by atoms with Crippen molar-refractivity contribution in [3.05, 3.63) is 22.8 Å². The number of methoxy groups -OCH3 is 2. The molecule has 0 saturated carbocycles. The first-order valence-corrected chi connectivity index (χ1v) is 5.61. The van der Waals surface area contributed by atoms with Crippen LogP contribution in [-0.2, 0) is 6.42 Å². The van der Waals surface area contributed by atoms with Crippen LogP contribution in [0.3, 0.4) is 0 Å². The second-order valence-corrected chi connectivity index (χ2v) is 4.23. The molecule has 1 aromatic carbocycles.